The monoisotopic (exact) mass is 468 g/mol. The fraction of sp³-hybridized carbons (Fsp3) is 0.250. The van der Waals surface area contributed by atoms with E-state index in [1.165, 1.54) is 32.0 Å². The summed E-state index contributed by atoms with van der Waals surface area (Å²) in [7, 11) is 0. The summed E-state index contributed by atoms with van der Waals surface area (Å²) in [6.07, 6.45) is -4.87. The molecule has 0 aliphatic carbocycles. The number of hydrogen-bond donors (Lipinski definition) is 0. The number of anilines is 1. The zero-order chi connectivity index (χ0) is 25.1. The fourth-order valence-electron chi connectivity index (χ4n) is 3.50. The second kappa shape index (κ2) is 9.28. The third kappa shape index (κ3) is 4.44. The van der Waals surface area contributed by atoms with Gasteiger partial charge >= 0.3 is 18.2 Å². The fourth-order valence-corrected chi connectivity index (χ4v) is 3.50. The Morgan fingerprint density at radius 1 is 1.18 bits per heavy atom. The van der Waals surface area contributed by atoms with Gasteiger partial charge in [-0.05, 0) is 36.8 Å². The van der Waals surface area contributed by atoms with Crippen molar-refractivity contribution in [1.82, 2.24) is 4.90 Å². The minimum Gasteiger partial charge on any atom is -0.453 e. The molecule has 0 bridgehead atoms. The Hall–Kier alpha value is -4.31. The average molecular weight is 468 g/mol. The molecule has 10 heteroatoms. The van der Waals surface area contributed by atoms with Crippen LogP contribution in [0.2, 0.25) is 0 Å². The number of ether oxygens (including phenoxy) is 1. The van der Waals surface area contributed by atoms with Crippen LogP contribution in [0.15, 0.2) is 42.5 Å². The smallest absolute Gasteiger partial charge is 0.417 e. The molecule has 2 aromatic carbocycles. The van der Waals surface area contributed by atoms with Crippen LogP contribution in [-0.2, 0) is 26.0 Å². The number of amides is 3. The van der Waals surface area contributed by atoms with E-state index >= 15 is 0 Å². The number of benzene rings is 2. The molecule has 0 saturated carbocycles. The third-order valence-electron chi connectivity index (χ3n) is 5.26. The van der Waals surface area contributed by atoms with Crippen molar-refractivity contribution in [2.75, 3.05) is 18.1 Å². The number of carbonyl (C=O) groups is 3. The van der Waals surface area contributed by atoms with Gasteiger partial charge in [0.2, 0.25) is 0 Å². The van der Waals surface area contributed by atoms with Crippen molar-refractivity contribution in [2.24, 2.45) is 0 Å². The number of alkyl halides is 3. The van der Waals surface area contributed by atoms with Gasteiger partial charge in [0.1, 0.15) is 5.54 Å². The first-order valence-corrected chi connectivity index (χ1v) is 9.85. The van der Waals surface area contributed by atoms with Crippen molar-refractivity contribution in [1.29, 1.82) is 5.26 Å². The molecule has 7 nitrogen and oxygen atoms in total. The van der Waals surface area contributed by atoms with Gasteiger partial charge in [0.15, 0.2) is 6.61 Å². The molecule has 34 heavy (non-hydrogen) atoms. The summed E-state index contributed by atoms with van der Waals surface area (Å²) in [5.41, 5.74) is -3.41. The Morgan fingerprint density at radius 2 is 1.85 bits per heavy atom. The molecule has 1 radical (unpaired) electrons. The molecule has 2 aromatic rings. The van der Waals surface area contributed by atoms with Gasteiger partial charge in [-0.2, -0.15) is 18.4 Å². The number of imide groups is 1. The molecule has 1 atom stereocenters. The van der Waals surface area contributed by atoms with Crippen molar-refractivity contribution in [3.8, 4) is 17.9 Å². The summed E-state index contributed by atoms with van der Waals surface area (Å²) in [6, 6.07) is 12.2. The summed E-state index contributed by atoms with van der Waals surface area (Å²) in [5, 5.41) is 9.04. The van der Waals surface area contributed by atoms with Gasteiger partial charge in [0.25, 0.3) is 5.91 Å². The molecule has 1 heterocycles. The minimum atomic E-state index is -4.87. The third-order valence-corrected chi connectivity index (χ3v) is 5.26. The molecular formula is C24H17F3N3O4. The summed E-state index contributed by atoms with van der Waals surface area (Å²) >= 11 is 0. The number of nitriles is 1. The van der Waals surface area contributed by atoms with E-state index in [0.717, 1.165) is 17.0 Å². The molecule has 1 aliphatic rings. The second-order valence-corrected chi connectivity index (χ2v) is 7.34. The van der Waals surface area contributed by atoms with Gasteiger partial charge in [-0.1, -0.05) is 36.1 Å². The maximum Gasteiger partial charge on any atom is 0.417 e. The number of hydrogen-bond acceptors (Lipinski definition) is 5. The zero-order valence-electron chi connectivity index (χ0n) is 18.1. The average Bonchev–Trinajstić information content (AvgIpc) is 2.99. The Labute approximate surface area is 193 Å². The normalized spacial score (nSPS) is 17.8. The van der Waals surface area contributed by atoms with Crippen LogP contribution in [0.25, 0.3) is 0 Å². The van der Waals surface area contributed by atoms with E-state index in [0.29, 0.717) is 16.5 Å². The van der Waals surface area contributed by atoms with Gasteiger partial charge in [0, 0.05) is 6.92 Å². The lowest BCUT2D eigenvalue weighted by Gasteiger charge is -2.30. The first kappa shape index (κ1) is 24.3. The Bertz CT molecular complexity index is 1240. The first-order valence-electron chi connectivity index (χ1n) is 9.85. The molecule has 3 amide bonds. The van der Waals surface area contributed by atoms with Crippen LogP contribution >= 0.6 is 0 Å². The molecule has 1 fully saturated rings. The van der Waals surface area contributed by atoms with Crippen LogP contribution in [-0.4, -0.2) is 36.0 Å². The molecule has 1 saturated heterocycles. The van der Waals surface area contributed by atoms with E-state index in [4.69, 9.17) is 10.00 Å². The maximum atomic E-state index is 13.5. The van der Waals surface area contributed by atoms with Crippen LogP contribution < -0.4 is 4.90 Å². The lowest BCUT2D eigenvalue weighted by atomic mass is 9.90. The van der Waals surface area contributed by atoms with Gasteiger partial charge in [-0.3, -0.25) is 14.5 Å². The molecule has 0 spiro atoms. The van der Waals surface area contributed by atoms with Crippen LogP contribution in [0.5, 0.6) is 0 Å². The number of urea groups is 1. The van der Waals surface area contributed by atoms with Crippen LogP contribution in [0, 0.1) is 29.2 Å². The molecule has 0 N–H and O–H groups in total. The van der Waals surface area contributed by atoms with E-state index in [-0.39, 0.29) is 18.8 Å². The molecular weight excluding hydrogens is 451 g/mol. The van der Waals surface area contributed by atoms with Gasteiger partial charge < -0.3 is 4.74 Å². The molecule has 0 aromatic heterocycles. The van der Waals surface area contributed by atoms with Crippen molar-refractivity contribution < 1.29 is 32.3 Å². The SMILES string of the molecule is CC(=O)OCC#CCN1C(=O)N(c2ccc(C#N)c(C(F)(F)F)c2)C(=O)C1(C)c1cc[c]cc1. The number of carbonyl (C=O) groups excluding carboxylic acids is 3. The molecule has 3 rings (SSSR count). The van der Waals surface area contributed by atoms with Crippen molar-refractivity contribution in [3.63, 3.8) is 0 Å². The zero-order valence-corrected chi connectivity index (χ0v) is 18.1. The molecule has 1 aliphatic heterocycles. The van der Waals surface area contributed by atoms with Crippen molar-refractivity contribution in [2.45, 2.75) is 25.6 Å². The second-order valence-electron chi connectivity index (χ2n) is 7.34. The summed E-state index contributed by atoms with van der Waals surface area (Å²) < 4.78 is 45.2. The Kier molecular flexibility index (Phi) is 6.64. The summed E-state index contributed by atoms with van der Waals surface area (Å²) in [6.45, 7) is 2.18. The lowest BCUT2D eigenvalue weighted by molar-refractivity contribution is -0.139. The van der Waals surface area contributed by atoms with Gasteiger partial charge in [-0.25, -0.2) is 9.69 Å². The van der Waals surface area contributed by atoms with E-state index in [1.54, 1.807) is 12.1 Å². The number of nitrogens with zero attached hydrogens (tertiary/aromatic N) is 3. The standard InChI is InChI=1S/C24H17F3N3O4/c1-16(31)34-13-7-6-12-29-22(33)30(21(32)23(29,2)18-8-4-3-5-9-18)19-11-10-17(15-28)20(14-19)24(25,26)27/h4-5,8-11,14H,12-13H2,1-2H3. The van der Waals surface area contributed by atoms with E-state index in [2.05, 4.69) is 17.9 Å². The first-order chi connectivity index (χ1) is 16.0. The van der Waals surface area contributed by atoms with E-state index in [9.17, 15) is 27.6 Å². The predicted molar refractivity (Wildman–Crippen MR) is 113 cm³/mol. The maximum absolute atomic E-state index is 13.5. The van der Waals surface area contributed by atoms with Gasteiger partial charge in [-0.15, -0.1) is 0 Å². The van der Waals surface area contributed by atoms with Crippen LogP contribution in [0.1, 0.15) is 30.5 Å². The van der Waals surface area contributed by atoms with Crippen molar-refractivity contribution in [3.05, 3.63) is 65.2 Å². The van der Waals surface area contributed by atoms with E-state index in [1.807, 2.05) is 0 Å². The highest BCUT2D eigenvalue weighted by atomic mass is 19.4. The lowest BCUT2D eigenvalue weighted by Crippen LogP contribution is -2.44. The van der Waals surface area contributed by atoms with Gasteiger partial charge in [0.05, 0.1) is 29.4 Å². The number of esters is 1. The van der Waals surface area contributed by atoms with Crippen molar-refractivity contribution >= 4 is 23.6 Å². The summed E-state index contributed by atoms with van der Waals surface area (Å²) in [5.74, 6) is 3.88. The summed E-state index contributed by atoms with van der Waals surface area (Å²) in [4.78, 5) is 39.5. The predicted octanol–water partition coefficient (Wildman–Crippen LogP) is 3.63. The Morgan fingerprint density at radius 3 is 2.44 bits per heavy atom. The quantitative estimate of drug-likeness (QED) is 0.388. The topological polar surface area (TPSA) is 90.7 Å². The highest BCUT2D eigenvalue weighted by Crippen LogP contribution is 2.41. The Balaban J connectivity index is 2.08. The molecule has 1 unspecified atom stereocenters. The number of halogens is 3. The number of rotatable bonds is 4. The molecule has 173 valence electrons. The highest BCUT2D eigenvalue weighted by molar-refractivity contribution is 6.23. The van der Waals surface area contributed by atoms with Crippen LogP contribution in [0.4, 0.5) is 23.7 Å². The van der Waals surface area contributed by atoms with E-state index < -0.39 is 40.7 Å². The van der Waals surface area contributed by atoms with Crippen LogP contribution in [0.3, 0.4) is 0 Å². The highest BCUT2D eigenvalue weighted by Gasteiger charge is 2.55. The minimum absolute atomic E-state index is 0.226. The largest absolute Gasteiger partial charge is 0.453 e.